The van der Waals surface area contributed by atoms with E-state index in [4.69, 9.17) is 20.9 Å². The van der Waals surface area contributed by atoms with Crippen LogP contribution in [-0.2, 0) is 69.1 Å². The van der Waals surface area contributed by atoms with Gasteiger partial charge < -0.3 is 35.7 Å². The van der Waals surface area contributed by atoms with E-state index in [0.29, 0.717) is 26.8 Å². The van der Waals surface area contributed by atoms with Gasteiger partial charge in [0.15, 0.2) is 6.61 Å². The molecule has 4 aromatic carbocycles. The van der Waals surface area contributed by atoms with E-state index in [1.165, 1.54) is 48.5 Å². The Hall–Kier alpha value is -7.55. The molecule has 3 heterocycles. The van der Waals surface area contributed by atoms with Crippen molar-refractivity contribution in [2.45, 2.75) is 45.1 Å². The molecular formula is C42H42N4O16. The van der Waals surface area contributed by atoms with Gasteiger partial charge in [0, 0.05) is 37.5 Å². The van der Waals surface area contributed by atoms with E-state index in [1.807, 2.05) is 30.3 Å². The number of carboxylic acids is 1. The highest BCUT2D eigenvalue weighted by Crippen LogP contribution is 2.32. The number of amides is 6. The first-order valence-electron chi connectivity index (χ1n) is 18.8. The van der Waals surface area contributed by atoms with Crippen LogP contribution in [0.1, 0.15) is 41.5 Å². The van der Waals surface area contributed by atoms with Crippen LogP contribution in [0.15, 0.2) is 84.9 Å². The number of rotatable bonds is 12. The van der Waals surface area contributed by atoms with Crippen molar-refractivity contribution in [3.05, 3.63) is 107 Å². The summed E-state index contributed by atoms with van der Waals surface area (Å²) in [5.41, 5.74) is 2.27. The average Bonchev–Trinajstić information content (AvgIpc) is 3.75. The van der Waals surface area contributed by atoms with Crippen molar-refractivity contribution in [1.29, 1.82) is 0 Å². The van der Waals surface area contributed by atoms with Gasteiger partial charge in [-0.15, -0.1) is 0 Å². The van der Waals surface area contributed by atoms with Gasteiger partial charge in [-0.3, -0.25) is 38.4 Å². The first-order valence-corrected chi connectivity index (χ1v) is 18.8. The summed E-state index contributed by atoms with van der Waals surface area (Å²) in [4.78, 5) is 91.1. The lowest BCUT2D eigenvalue weighted by Crippen LogP contribution is -2.37. The number of hydrazine groups is 1. The second-order valence-corrected chi connectivity index (χ2v) is 14.3. The Morgan fingerprint density at radius 1 is 0.548 bits per heavy atom. The lowest BCUT2D eigenvalue weighted by molar-refractivity contribution is -0.193. The molecule has 0 aromatic heterocycles. The zero-order chi connectivity index (χ0) is 45.2. The largest absolute Gasteiger partial charge is 0.508 e. The van der Waals surface area contributed by atoms with Crippen LogP contribution in [0.5, 0.6) is 34.5 Å². The van der Waals surface area contributed by atoms with Gasteiger partial charge in [0.2, 0.25) is 11.8 Å². The number of hydroxylamine groups is 4. The summed E-state index contributed by atoms with van der Waals surface area (Å²) in [7, 11) is 0. The molecule has 0 radical (unpaired) electrons. The van der Waals surface area contributed by atoms with E-state index >= 15 is 0 Å². The minimum Gasteiger partial charge on any atom is -0.508 e. The smallest absolute Gasteiger partial charge is 0.332 e. The minimum atomic E-state index is -1.30. The van der Waals surface area contributed by atoms with Crippen molar-refractivity contribution >= 4 is 41.4 Å². The number of aromatic hydroxyl groups is 6. The number of nitrogens with two attached hydrogens (primary N) is 1. The number of hydrogen-bond donors (Lipinski definition) is 8. The molecule has 3 fully saturated rings. The molecule has 3 aliphatic rings. The number of aliphatic carboxylic acids is 1. The Balaban J connectivity index is 0.000000178. The standard InChI is InChI=1S/C18H17NO5.C13H13NO7.C11H12N2O4/c20-15-7-6-13(16(21)10-15)8-14-9-17(22)19(18(14)23)24-11-12-4-2-1-3-5-12;15-9-2-1-7(10(16)5-9)3-8-4-11(17)14(13(8)20)21-6-12(18)19;12-13-10(16)4-7(11(13)17)3-6-1-2-8(14)5-9(6)15/h1-7,10,14,20-21H,8-9,11H2;1-2,5,8,15-16H,3-4,6H2,(H,18,19);1-2,5,7,14-15H,3-4,12H2. The van der Waals surface area contributed by atoms with E-state index < -0.39 is 59.9 Å². The number of imide groups is 3. The Bertz CT molecular complexity index is 2360. The maximum Gasteiger partial charge on any atom is 0.332 e. The molecule has 3 unspecified atom stereocenters. The van der Waals surface area contributed by atoms with Crippen LogP contribution in [0.2, 0.25) is 0 Å². The molecular weight excluding hydrogens is 816 g/mol. The molecule has 0 aliphatic carbocycles. The van der Waals surface area contributed by atoms with Gasteiger partial charge in [0.25, 0.3) is 23.6 Å². The van der Waals surface area contributed by atoms with Crippen molar-refractivity contribution in [2.75, 3.05) is 6.61 Å². The number of carboxylic acid groups (broad SMARTS) is 1. The first kappa shape index (κ1) is 45.5. The Kier molecular flexibility index (Phi) is 14.8. The van der Waals surface area contributed by atoms with Crippen molar-refractivity contribution in [3.63, 3.8) is 0 Å². The molecule has 20 heteroatoms. The van der Waals surface area contributed by atoms with Crippen molar-refractivity contribution in [2.24, 2.45) is 23.6 Å². The van der Waals surface area contributed by atoms with Crippen LogP contribution in [-0.4, -0.2) is 98.9 Å². The Morgan fingerprint density at radius 3 is 1.31 bits per heavy atom. The fourth-order valence-electron chi connectivity index (χ4n) is 6.61. The van der Waals surface area contributed by atoms with Gasteiger partial charge in [-0.2, -0.15) is 10.1 Å². The van der Waals surface area contributed by atoms with Gasteiger partial charge >= 0.3 is 5.97 Å². The monoisotopic (exact) mass is 858 g/mol. The summed E-state index contributed by atoms with van der Waals surface area (Å²) in [5.74, 6) is -1.42. The van der Waals surface area contributed by atoms with Crippen molar-refractivity contribution in [1.82, 2.24) is 15.1 Å². The fraction of sp³-hybridized carbons (Fsp3) is 0.262. The molecule has 3 atom stereocenters. The lowest BCUT2D eigenvalue weighted by Gasteiger charge is -2.15. The second-order valence-electron chi connectivity index (χ2n) is 14.3. The van der Waals surface area contributed by atoms with Crippen molar-refractivity contribution < 1.29 is 79.0 Å². The Labute approximate surface area is 352 Å². The molecule has 3 aliphatic heterocycles. The number of phenols is 6. The molecule has 0 bridgehead atoms. The van der Waals surface area contributed by atoms with E-state index in [-0.39, 0.29) is 85.5 Å². The summed E-state index contributed by atoms with van der Waals surface area (Å²) < 4.78 is 0. The third-order valence-corrected chi connectivity index (χ3v) is 9.80. The molecule has 6 amide bonds. The molecule has 4 aromatic rings. The van der Waals surface area contributed by atoms with Crippen LogP contribution in [0.3, 0.4) is 0 Å². The predicted molar refractivity (Wildman–Crippen MR) is 209 cm³/mol. The number of nitrogens with zero attached hydrogens (tertiary/aromatic N) is 3. The maximum absolute atomic E-state index is 12.4. The van der Waals surface area contributed by atoms with Crippen LogP contribution in [0.4, 0.5) is 0 Å². The molecule has 7 rings (SSSR count). The third kappa shape index (κ3) is 11.6. The van der Waals surface area contributed by atoms with E-state index in [9.17, 15) is 59.1 Å². The van der Waals surface area contributed by atoms with Gasteiger partial charge in [-0.25, -0.2) is 15.6 Å². The normalized spacial score (nSPS) is 18.5. The highest BCUT2D eigenvalue weighted by Gasteiger charge is 2.41. The zero-order valence-corrected chi connectivity index (χ0v) is 32.7. The maximum atomic E-state index is 12.4. The summed E-state index contributed by atoms with van der Waals surface area (Å²) in [6.45, 7) is -0.649. The fourth-order valence-corrected chi connectivity index (χ4v) is 6.61. The van der Waals surface area contributed by atoms with Crippen LogP contribution < -0.4 is 5.84 Å². The number of hydrogen-bond acceptors (Lipinski definition) is 16. The number of benzene rings is 4. The minimum absolute atomic E-state index is 0.0357. The van der Waals surface area contributed by atoms with Gasteiger partial charge in [-0.05, 0) is 59.7 Å². The molecule has 326 valence electrons. The topological polar surface area (TPSA) is 315 Å². The number of carbonyl (C=O) groups excluding carboxylic acids is 6. The molecule has 62 heavy (non-hydrogen) atoms. The predicted octanol–water partition coefficient (Wildman–Crippen LogP) is 2.07. The molecule has 20 nitrogen and oxygen atoms in total. The van der Waals surface area contributed by atoms with Crippen LogP contribution >= 0.6 is 0 Å². The average molecular weight is 859 g/mol. The number of carbonyl (C=O) groups is 7. The SMILES string of the molecule is NN1C(=O)CC(Cc2ccc(O)cc2O)C1=O.O=C(O)CON1C(=O)CC(Cc2ccc(O)cc2O)C1=O.O=C1CC(Cc2ccc(O)cc2O)C(=O)N1OCc1ccccc1. The van der Waals surface area contributed by atoms with Crippen LogP contribution in [0.25, 0.3) is 0 Å². The first-order chi connectivity index (χ1) is 29.4. The van der Waals surface area contributed by atoms with E-state index in [1.54, 1.807) is 0 Å². The highest BCUT2D eigenvalue weighted by molar-refractivity contribution is 6.04. The molecule has 3 saturated heterocycles. The van der Waals surface area contributed by atoms with Crippen LogP contribution in [0, 0.1) is 17.8 Å². The summed E-state index contributed by atoms with van der Waals surface area (Å²) in [5, 5.41) is 67.0. The number of phenolic OH excluding ortho intramolecular Hbond substituents is 6. The molecule has 9 N–H and O–H groups in total. The third-order valence-electron chi connectivity index (χ3n) is 9.80. The Morgan fingerprint density at radius 2 is 0.935 bits per heavy atom. The lowest BCUT2D eigenvalue weighted by atomic mass is 9.97. The molecule has 0 saturated carbocycles. The van der Waals surface area contributed by atoms with Gasteiger partial charge in [0.1, 0.15) is 41.1 Å². The highest BCUT2D eigenvalue weighted by atomic mass is 16.7. The van der Waals surface area contributed by atoms with E-state index in [0.717, 1.165) is 16.7 Å². The summed E-state index contributed by atoms with van der Waals surface area (Å²) >= 11 is 0. The van der Waals surface area contributed by atoms with Gasteiger partial charge in [-0.1, -0.05) is 48.5 Å². The summed E-state index contributed by atoms with van der Waals surface area (Å²) in [6, 6.07) is 21.5. The van der Waals surface area contributed by atoms with Gasteiger partial charge in [0.05, 0.1) is 17.8 Å². The zero-order valence-electron chi connectivity index (χ0n) is 32.7. The second kappa shape index (κ2) is 20.1. The summed E-state index contributed by atoms with van der Waals surface area (Å²) in [6.07, 6.45) is 0.484. The quantitative estimate of drug-likeness (QED) is 0.0574. The van der Waals surface area contributed by atoms with E-state index in [2.05, 4.69) is 4.84 Å². The molecule has 0 spiro atoms. The van der Waals surface area contributed by atoms with Crippen molar-refractivity contribution in [3.8, 4) is 34.5 Å².